The van der Waals surface area contributed by atoms with Gasteiger partial charge in [0.15, 0.2) is 5.82 Å². The fraction of sp³-hybridized carbons (Fsp3) is 0.667. The number of nitrogens with zero attached hydrogens (tertiary/aromatic N) is 4. The molecule has 0 aliphatic carbocycles. The van der Waals surface area contributed by atoms with E-state index < -0.39 is 15.9 Å². The van der Waals surface area contributed by atoms with E-state index in [0.717, 1.165) is 31.7 Å². The minimum Gasteiger partial charge on any atom is -0.338 e. The fourth-order valence-electron chi connectivity index (χ4n) is 2.96. The topological polar surface area (TPSA) is 75.6 Å². The molecule has 1 aromatic heterocycles. The standard InChI is InChI=1S/C12H17FN4O3S/c1-21(18,19)20-11-4-10-7-17(3-2-16(10)8-11)12-14-5-9(13)6-15-12/h5-6,10-11H,2-4,7-8H2,1H3. The first kappa shape index (κ1) is 14.6. The summed E-state index contributed by atoms with van der Waals surface area (Å²) < 4.78 is 40.3. The highest BCUT2D eigenvalue weighted by Crippen LogP contribution is 2.26. The maximum Gasteiger partial charge on any atom is 0.264 e. The van der Waals surface area contributed by atoms with E-state index in [4.69, 9.17) is 4.18 Å². The Morgan fingerprint density at radius 2 is 2.00 bits per heavy atom. The van der Waals surface area contributed by atoms with E-state index in [-0.39, 0.29) is 12.1 Å². The predicted molar refractivity (Wildman–Crippen MR) is 73.9 cm³/mol. The maximum absolute atomic E-state index is 12.9. The first-order chi connectivity index (χ1) is 9.90. The molecule has 0 radical (unpaired) electrons. The van der Waals surface area contributed by atoms with Crippen LogP contribution in [0.4, 0.5) is 10.3 Å². The van der Waals surface area contributed by atoms with Crippen LogP contribution in [0, 0.1) is 5.82 Å². The van der Waals surface area contributed by atoms with Crippen molar-refractivity contribution in [3.05, 3.63) is 18.2 Å². The molecule has 3 rings (SSSR count). The molecule has 2 saturated heterocycles. The van der Waals surface area contributed by atoms with Crippen molar-refractivity contribution in [1.29, 1.82) is 0 Å². The zero-order valence-electron chi connectivity index (χ0n) is 11.6. The normalized spacial score (nSPS) is 26.9. The average Bonchev–Trinajstić information content (AvgIpc) is 2.78. The Balaban J connectivity index is 1.65. The quantitative estimate of drug-likeness (QED) is 0.718. The van der Waals surface area contributed by atoms with E-state index in [1.807, 2.05) is 4.90 Å². The largest absolute Gasteiger partial charge is 0.338 e. The van der Waals surface area contributed by atoms with Gasteiger partial charge in [0.05, 0.1) is 24.8 Å². The summed E-state index contributed by atoms with van der Waals surface area (Å²) in [5.74, 6) is 0.0448. The van der Waals surface area contributed by atoms with Crippen LogP contribution >= 0.6 is 0 Å². The molecule has 2 fully saturated rings. The maximum atomic E-state index is 12.9. The lowest BCUT2D eigenvalue weighted by molar-refractivity contribution is 0.198. The second-order valence-electron chi connectivity index (χ2n) is 5.45. The molecule has 0 spiro atoms. The predicted octanol–water partition coefficient (Wildman–Crippen LogP) is -0.145. The third-order valence-electron chi connectivity index (χ3n) is 3.78. The van der Waals surface area contributed by atoms with Crippen LogP contribution in [0.3, 0.4) is 0 Å². The van der Waals surface area contributed by atoms with Gasteiger partial charge in [-0.3, -0.25) is 9.08 Å². The lowest BCUT2D eigenvalue weighted by Gasteiger charge is -2.37. The number of aromatic nitrogens is 2. The summed E-state index contributed by atoms with van der Waals surface area (Å²) >= 11 is 0. The minimum absolute atomic E-state index is 0.208. The van der Waals surface area contributed by atoms with Gasteiger partial charge in [-0.25, -0.2) is 14.4 Å². The Labute approximate surface area is 122 Å². The van der Waals surface area contributed by atoms with Gasteiger partial charge in [0.2, 0.25) is 5.95 Å². The van der Waals surface area contributed by atoms with Gasteiger partial charge in [0, 0.05) is 32.2 Å². The van der Waals surface area contributed by atoms with Crippen LogP contribution in [0.2, 0.25) is 0 Å². The third-order valence-corrected chi connectivity index (χ3v) is 4.40. The highest BCUT2D eigenvalue weighted by molar-refractivity contribution is 7.86. The van der Waals surface area contributed by atoms with Crippen LogP contribution in [0.25, 0.3) is 0 Å². The minimum atomic E-state index is -3.43. The zero-order chi connectivity index (χ0) is 15.0. The number of hydrogen-bond donors (Lipinski definition) is 0. The highest BCUT2D eigenvalue weighted by Gasteiger charge is 2.38. The van der Waals surface area contributed by atoms with Crippen molar-refractivity contribution >= 4 is 16.1 Å². The van der Waals surface area contributed by atoms with E-state index in [2.05, 4.69) is 14.9 Å². The lowest BCUT2D eigenvalue weighted by Crippen LogP contribution is -2.50. The van der Waals surface area contributed by atoms with Crippen molar-refractivity contribution < 1.29 is 17.0 Å². The molecule has 0 amide bonds. The molecule has 9 heteroatoms. The number of halogens is 1. The smallest absolute Gasteiger partial charge is 0.264 e. The van der Waals surface area contributed by atoms with Crippen LogP contribution in [0.5, 0.6) is 0 Å². The number of fused-ring (bicyclic) bond motifs is 1. The Morgan fingerprint density at radius 3 is 2.67 bits per heavy atom. The molecule has 1 aromatic rings. The molecule has 0 bridgehead atoms. The third kappa shape index (κ3) is 3.47. The molecule has 0 aromatic carbocycles. The summed E-state index contributed by atoms with van der Waals surface area (Å²) in [6.45, 7) is 2.83. The monoisotopic (exact) mass is 316 g/mol. The first-order valence-corrected chi connectivity index (χ1v) is 8.57. The molecule has 2 atom stereocenters. The van der Waals surface area contributed by atoms with Crippen molar-refractivity contribution in [3.63, 3.8) is 0 Å². The van der Waals surface area contributed by atoms with Gasteiger partial charge in [-0.05, 0) is 6.42 Å². The summed E-state index contributed by atoms with van der Waals surface area (Å²) in [5, 5.41) is 0. The van der Waals surface area contributed by atoms with E-state index >= 15 is 0 Å². The molecule has 21 heavy (non-hydrogen) atoms. The van der Waals surface area contributed by atoms with Gasteiger partial charge in [-0.15, -0.1) is 0 Å². The van der Waals surface area contributed by atoms with Gasteiger partial charge in [0.25, 0.3) is 10.1 Å². The molecular weight excluding hydrogens is 299 g/mol. The van der Waals surface area contributed by atoms with Crippen molar-refractivity contribution in [1.82, 2.24) is 14.9 Å². The second kappa shape index (κ2) is 5.47. The molecule has 7 nitrogen and oxygen atoms in total. The van der Waals surface area contributed by atoms with Gasteiger partial charge in [-0.1, -0.05) is 0 Å². The summed E-state index contributed by atoms with van der Waals surface area (Å²) in [4.78, 5) is 12.2. The van der Waals surface area contributed by atoms with Crippen molar-refractivity contribution in [2.75, 3.05) is 37.3 Å². The van der Waals surface area contributed by atoms with Crippen LogP contribution in [0.1, 0.15) is 6.42 Å². The number of piperazine rings is 1. The number of hydrogen-bond acceptors (Lipinski definition) is 7. The summed E-state index contributed by atoms with van der Waals surface area (Å²) in [6.07, 6.45) is 3.74. The van der Waals surface area contributed by atoms with Gasteiger partial charge < -0.3 is 4.90 Å². The Hall–Kier alpha value is -1.32. The summed E-state index contributed by atoms with van der Waals surface area (Å²) in [6, 6.07) is 0.208. The molecule has 3 heterocycles. The second-order valence-corrected chi connectivity index (χ2v) is 7.05. The molecule has 0 saturated carbocycles. The van der Waals surface area contributed by atoms with E-state index in [0.29, 0.717) is 25.5 Å². The molecule has 2 unspecified atom stereocenters. The van der Waals surface area contributed by atoms with Crippen LogP contribution in [0.15, 0.2) is 12.4 Å². The SMILES string of the molecule is CS(=O)(=O)OC1CC2CN(c3ncc(F)cn3)CCN2C1. The van der Waals surface area contributed by atoms with Crippen LogP contribution < -0.4 is 4.90 Å². The summed E-state index contributed by atoms with van der Waals surface area (Å²) in [5.41, 5.74) is 0. The number of anilines is 1. The van der Waals surface area contributed by atoms with Crippen molar-refractivity contribution in [3.8, 4) is 0 Å². The average molecular weight is 316 g/mol. The van der Waals surface area contributed by atoms with E-state index in [1.165, 1.54) is 0 Å². The Morgan fingerprint density at radius 1 is 1.29 bits per heavy atom. The van der Waals surface area contributed by atoms with Gasteiger partial charge in [0.1, 0.15) is 0 Å². The summed E-state index contributed by atoms with van der Waals surface area (Å²) in [7, 11) is -3.43. The van der Waals surface area contributed by atoms with Crippen LogP contribution in [-0.4, -0.2) is 67.9 Å². The Bertz CT molecular complexity index is 609. The van der Waals surface area contributed by atoms with Crippen molar-refractivity contribution in [2.45, 2.75) is 18.6 Å². The molecule has 116 valence electrons. The lowest BCUT2D eigenvalue weighted by atomic mass is 10.1. The molecule has 0 N–H and O–H groups in total. The fourth-order valence-corrected chi connectivity index (χ4v) is 3.60. The molecular formula is C12H17FN4O3S. The van der Waals surface area contributed by atoms with Gasteiger partial charge in [-0.2, -0.15) is 8.42 Å². The number of rotatable bonds is 3. The molecule has 2 aliphatic heterocycles. The highest BCUT2D eigenvalue weighted by atomic mass is 32.2. The van der Waals surface area contributed by atoms with E-state index in [1.54, 1.807) is 0 Å². The molecule has 2 aliphatic rings. The van der Waals surface area contributed by atoms with Crippen molar-refractivity contribution in [2.24, 2.45) is 0 Å². The Kier molecular flexibility index (Phi) is 3.80. The van der Waals surface area contributed by atoms with Gasteiger partial charge >= 0.3 is 0 Å². The zero-order valence-corrected chi connectivity index (χ0v) is 12.5. The van der Waals surface area contributed by atoms with E-state index in [9.17, 15) is 12.8 Å². The first-order valence-electron chi connectivity index (χ1n) is 6.75. The van der Waals surface area contributed by atoms with Crippen LogP contribution in [-0.2, 0) is 14.3 Å².